The molecular formula is C10H12NO2. The number of nitrogens with zero attached hydrogens (tertiary/aromatic N) is 1. The van der Waals surface area contributed by atoms with Gasteiger partial charge in [-0.2, -0.15) is 0 Å². The van der Waals surface area contributed by atoms with Gasteiger partial charge < -0.3 is 0 Å². The third-order valence-electron chi connectivity index (χ3n) is 2.03. The molecule has 0 aliphatic carbocycles. The van der Waals surface area contributed by atoms with E-state index >= 15 is 0 Å². The second kappa shape index (κ2) is 4.03. The lowest BCUT2D eigenvalue weighted by molar-refractivity contribution is -0.385. The minimum absolute atomic E-state index is 0.111. The molecule has 0 N–H and O–H groups in total. The molecule has 0 saturated carbocycles. The molecule has 0 unspecified atom stereocenters. The number of aryl methyl sites for hydroxylation is 2. The summed E-state index contributed by atoms with van der Waals surface area (Å²) in [6, 6.07) is 6.28. The maximum absolute atomic E-state index is 10.6. The first-order chi connectivity index (χ1) is 6.19. The van der Waals surface area contributed by atoms with Gasteiger partial charge in [0.05, 0.1) is 11.0 Å². The molecule has 1 aromatic carbocycles. The molecular weight excluding hydrogens is 166 g/mol. The van der Waals surface area contributed by atoms with Gasteiger partial charge in [-0.15, -0.1) is 0 Å². The smallest absolute Gasteiger partial charge is 0.258 e. The van der Waals surface area contributed by atoms with E-state index in [0.29, 0.717) is 6.42 Å². The lowest BCUT2D eigenvalue weighted by Gasteiger charge is -2.01. The average Bonchev–Trinajstić information content (AvgIpc) is 2.16. The van der Waals surface area contributed by atoms with Crippen LogP contribution in [0.5, 0.6) is 0 Å². The fraction of sp³-hybridized carbons (Fsp3) is 0.400. The van der Waals surface area contributed by atoms with Gasteiger partial charge in [0.2, 0.25) is 0 Å². The van der Waals surface area contributed by atoms with Crippen LogP contribution in [0.15, 0.2) is 12.1 Å². The molecule has 0 bridgehead atoms. The molecule has 1 rings (SSSR count). The predicted octanol–water partition coefficient (Wildman–Crippen LogP) is 2.52. The van der Waals surface area contributed by atoms with Gasteiger partial charge in [0.15, 0.2) is 0 Å². The predicted molar refractivity (Wildman–Crippen MR) is 50.7 cm³/mol. The van der Waals surface area contributed by atoms with Crippen LogP contribution in [0.1, 0.15) is 25.0 Å². The topological polar surface area (TPSA) is 43.1 Å². The summed E-state index contributed by atoms with van der Waals surface area (Å²) in [6.07, 6.45) is 1.57. The van der Waals surface area contributed by atoms with Crippen LogP contribution in [0.4, 0.5) is 5.69 Å². The van der Waals surface area contributed by atoms with Crippen molar-refractivity contribution in [3.05, 3.63) is 39.4 Å². The number of hydrogen-bond acceptors (Lipinski definition) is 2. The molecule has 0 aliphatic rings. The molecule has 0 amide bonds. The lowest BCUT2D eigenvalue weighted by Crippen LogP contribution is -1.95. The van der Waals surface area contributed by atoms with Gasteiger partial charge in [-0.1, -0.05) is 13.8 Å². The number of hydrogen-bond donors (Lipinski definition) is 0. The quantitative estimate of drug-likeness (QED) is 0.527. The van der Waals surface area contributed by atoms with Crippen LogP contribution in [0.2, 0.25) is 0 Å². The van der Waals surface area contributed by atoms with Crippen LogP contribution in [0.3, 0.4) is 0 Å². The number of benzene rings is 1. The highest BCUT2D eigenvalue weighted by molar-refractivity contribution is 5.41. The summed E-state index contributed by atoms with van der Waals surface area (Å²) in [4.78, 5) is 10.2. The van der Waals surface area contributed by atoms with E-state index in [4.69, 9.17) is 0 Å². The van der Waals surface area contributed by atoms with Crippen molar-refractivity contribution in [2.24, 2.45) is 0 Å². The van der Waals surface area contributed by atoms with Crippen molar-refractivity contribution >= 4 is 5.69 Å². The van der Waals surface area contributed by atoms with E-state index < -0.39 is 0 Å². The van der Waals surface area contributed by atoms with Crippen molar-refractivity contribution in [3.8, 4) is 0 Å². The summed E-state index contributed by atoms with van der Waals surface area (Å²) in [6.45, 7) is 3.93. The molecule has 0 aliphatic heterocycles. The van der Waals surface area contributed by atoms with Crippen molar-refractivity contribution in [2.45, 2.75) is 26.7 Å². The second-order valence-corrected chi connectivity index (χ2v) is 2.85. The van der Waals surface area contributed by atoms with E-state index in [1.165, 1.54) is 0 Å². The molecule has 69 valence electrons. The molecule has 13 heavy (non-hydrogen) atoms. The molecule has 3 heteroatoms. The number of nitro groups is 1. The minimum Gasteiger partial charge on any atom is -0.258 e. The molecule has 0 fully saturated rings. The first-order valence-corrected chi connectivity index (χ1v) is 4.36. The van der Waals surface area contributed by atoms with E-state index in [9.17, 15) is 10.1 Å². The van der Waals surface area contributed by atoms with Crippen LogP contribution in [-0.4, -0.2) is 4.92 Å². The molecule has 1 radical (unpaired) electrons. The normalized spacial score (nSPS) is 10.0. The van der Waals surface area contributed by atoms with Crippen LogP contribution in [-0.2, 0) is 12.8 Å². The first kappa shape index (κ1) is 9.71. The van der Waals surface area contributed by atoms with Gasteiger partial charge >= 0.3 is 0 Å². The summed E-state index contributed by atoms with van der Waals surface area (Å²) in [5.74, 6) is 0. The summed E-state index contributed by atoms with van der Waals surface area (Å²) in [5.41, 5.74) is 1.98. The van der Waals surface area contributed by atoms with Crippen molar-refractivity contribution in [1.82, 2.24) is 0 Å². The maximum atomic E-state index is 10.6. The van der Waals surface area contributed by atoms with E-state index in [2.05, 4.69) is 6.07 Å². The van der Waals surface area contributed by atoms with Crippen LogP contribution in [0.25, 0.3) is 0 Å². The summed E-state index contributed by atoms with van der Waals surface area (Å²) < 4.78 is 0. The first-order valence-electron chi connectivity index (χ1n) is 4.36. The zero-order valence-corrected chi connectivity index (χ0v) is 7.83. The molecule has 0 saturated heterocycles. The standard InChI is InChI=1S/C10H12NO2/c1-3-8-5-6-10(11(12)13)9(4-2)7-8/h5,7H,3-4H2,1-2H3. The molecule has 0 heterocycles. The fourth-order valence-corrected chi connectivity index (χ4v) is 1.23. The molecule has 0 atom stereocenters. The molecule has 0 aromatic heterocycles. The van der Waals surface area contributed by atoms with Gasteiger partial charge in [-0.3, -0.25) is 10.1 Å². The third-order valence-corrected chi connectivity index (χ3v) is 2.03. The Balaban J connectivity index is 3.15. The molecule has 1 aromatic rings. The Morgan fingerprint density at radius 2 is 2.15 bits per heavy atom. The largest absolute Gasteiger partial charge is 0.280 e. The Labute approximate surface area is 77.5 Å². The van der Waals surface area contributed by atoms with Crippen molar-refractivity contribution < 1.29 is 4.92 Å². The summed E-state index contributed by atoms with van der Waals surface area (Å²) in [7, 11) is 0. The van der Waals surface area contributed by atoms with Crippen LogP contribution < -0.4 is 0 Å². The highest BCUT2D eigenvalue weighted by Crippen LogP contribution is 2.19. The SMILES string of the molecule is CCc1c[c]c([N+](=O)[O-])c(CC)c1. The summed E-state index contributed by atoms with van der Waals surface area (Å²) >= 11 is 0. The Hall–Kier alpha value is -1.38. The van der Waals surface area contributed by atoms with Crippen molar-refractivity contribution in [3.63, 3.8) is 0 Å². The zero-order chi connectivity index (χ0) is 9.84. The minimum atomic E-state index is -0.377. The van der Waals surface area contributed by atoms with Gasteiger partial charge in [-0.25, -0.2) is 0 Å². The Morgan fingerprint density at radius 1 is 1.46 bits per heavy atom. The average molecular weight is 178 g/mol. The molecule has 3 nitrogen and oxygen atoms in total. The van der Waals surface area contributed by atoms with Gasteiger partial charge in [0, 0.05) is 5.56 Å². The maximum Gasteiger partial charge on any atom is 0.280 e. The van der Waals surface area contributed by atoms with E-state index in [1.54, 1.807) is 6.07 Å². The fourth-order valence-electron chi connectivity index (χ4n) is 1.23. The van der Waals surface area contributed by atoms with Crippen LogP contribution >= 0.6 is 0 Å². The van der Waals surface area contributed by atoms with Crippen LogP contribution in [0, 0.1) is 16.2 Å². The van der Waals surface area contributed by atoms with Crippen molar-refractivity contribution in [1.29, 1.82) is 0 Å². The Kier molecular flexibility index (Phi) is 3.01. The highest BCUT2D eigenvalue weighted by atomic mass is 16.6. The monoisotopic (exact) mass is 178 g/mol. The van der Waals surface area contributed by atoms with Gasteiger partial charge in [0.1, 0.15) is 0 Å². The van der Waals surface area contributed by atoms with E-state index in [-0.39, 0.29) is 10.6 Å². The Bertz CT molecular complexity index is 321. The second-order valence-electron chi connectivity index (χ2n) is 2.85. The Morgan fingerprint density at radius 3 is 2.62 bits per heavy atom. The van der Waals surface area contributed by atoms with Gasteiger partial charge in [-0.05, 0) is 30.5 Å². The number of nitro benzene ring substituents is 1. The summed E-state index contributed by atoms with van der Waals surface area (Å²) in [5, 5.41) is 10.6. The zero-order valence-electron chi connectivity index (χ0n) is 7.83. The highest BCUT2D eigenvalue weighted by Gasteiger charge is 2.11. The van der Waals surface area contributed by atoms with Gasteiger partial charge in [0.25, 0.3) is 5.69 Å². The van der Waals surface area contributed by atoms with E-state index in [1.807, 2.05) is 19.9 Å². The van der Waals surface area contributed by atoms with E-state index in [0.717, 1.165) is 17.5 Å². The lowest BCUT2D eigenvalue weighted by atomic mass is 10.1. The van der Waals surface area contributed by atoms with Crippen molar-refractivity contribution in [2.75, 3.05) is 0 Å². The molecule has 0 spiro atoms. The number of rotatable bonds is 3. The third kappa shape index (κ3) is 2.05.